The summed E-state index contributed by atoms with van der Waals surface area (Å²) in [5.41, 5.74) is 2.22. The Morgan fingerprint density at radius 3 is 2.33 bits per heavy atom. The smallest absolute Gasteiger partial charge is 0.0406 e. The van der Waals surface area contributed by atoms with Crippen LogP contribution in [0, 0.1) is 0 Å². The lowest BCUT2D eigenvalue weighted by molar-refractivity contribution is 1.44. The van der Waals surface area contributed by atoms with Gasteiger partial charge >= 0.3 is 0 Å². The fourth-order valence-electron chi connectivity index (χ4n) is 1.37. The van der Waals surface area contributed by atoms with Gasteiger partial charge in [-0.05, 0) is 41.5 Å². The molecule has 0 saturated heterocycles. The van der Waals surface area contributed by atoms with E-state index in [2.05, 4.69) is 28.6 Å². The second-order valence-electron chi connectivity index (χ2n) is 3.17. The zero-order valence-corrected chi connectivity index (χ0v) is 11.0. The second kappa shape index (κ2) is 4.60. The van der Waals surface area contributed by atoms with Gasteiger partial charge in [0.1, 0.15) is 0 Å². The lowest BCUT2D eigenvalue weighted by atomic mass is 10.1. The van der Waals surface area contributed by atoms with E-state index < -0.39 is 0 Å². The Morgan fingerprint density at radius 2 is 1.67 bits per heavy atom. The van der Waals surface area contributed by atoms with Crippen LogP contribution in [-0.4, -0.2) is 0 Å². The molecule has 0 N–H and O–H groups in total. The topological polar surface area (TPSA) is 0 Å². The van der Waals surface area contributed by atoms with Gasteiger partial charge in [-0.1, -0.05) is 39.7 Å². The number of halogens is 2. The van der Waals surface area contributed by atoms with Gasteiger partial charge in [0, 0.05) is 14.4 Å². The molecule has 2 aromatic rings. The van der Waals surface area contributed by atoms with E-state index in [9.17, 15) is 0 Å². The number of thiol groups is 1. The number of rotatable bonds is 1. The van der Waals surface area contributed by atoms with E-state index in [-0.39, 0.29) is 0 Å². The third-order valence-electron chi connectivity index (χ3n) is 2.11. The van der Waals surface area contributed by atoms with Crippen molar-refractivity contribution in [2.75, 3.05) is 0 Å². The Morgan fingerprint density at radius 1 is 1.00 bits per heavy atom. The van der Waals surface area contributed by atoms with Gasteiger partial charge in [-0.2, -0.15) is 0 Å². The maximum atomic E-state index is 5.84. The van der Waals surface area contributed by atoms with E-state index in [4.69, 9.17) is 11.6 Å². The highest BCUT2D eigenvalue weighted by Crippen LogP contribution is 2.30. The maximum absolute atomic E-state index is 5.84. The summed E-state index contributed by atoms with van der Waals surface area (Å²) in [5, 5.41) is 0.745. The first-order chi connectivity index (χ1) is 7.16. The molecule has 0 heterocycles. The normalized spacial score (nSPS) is 10.3. The molecule has 0 aliphatic rings. The molecule has 0 radical (unpaired) electrons. The van der Waals surface area contributed by atoms with Gasteiger partial charge in [-0.3, -0.25) is 0 Å². The molecule has 15 heavy (non-hydrogen) atoms. The zero-order chi connectivity index (χ0) is 10.8. The molecule has 0 unspecified atom stereocenters. The fraction of sp³-hybridized carbons (Fsp3) is 0. The molecule has 0 atom stereocenters. The van der Waals surface area contributed by atoms with Crippen LogP contribution in [0.3, 0.4) is 0 Å². The first-order valence-electron chi connectivity index (χ1n) is 4.41. The largest absolute Gasteiger partial charge is 0.143 e. The van der Waals surface area contributed by atoms with Gasteiger partial charge in [0.05, 0.1) is 0 Å². The summed E-state index contributed by atoms with van der Waals surface area (Å²) >= 11 is 13.7. The van der Waals surface area contributed by atoms with E-state index in [0.29, 0.717) is 0 Å². The molecule has 0 spiro atoms. The zero-order valence-electron chi connectivity index (χ0n) is 7.74. The highest BCUT2D eigenvalue weighted by atomic mass is 79.9. The van der Waals surface area contributed by atoms with Crippen LogP contribution in [0.5, 0.6) is 0 Å². The van der Waals surface area contributed by atoms with Crippen molar-refractivity contribution in [1.29, 1.82) is 0 Å². The minimum absolute atomic E-state index is 0.745. The standard InChI is InChI=1S/C12H8BrClS/c13-9-3-6-12(15)11(7-9)8-1-4-10(14)5-2-8/h1-7,15H. The van der Waals surface area contributed by atoms with Crippen LogP contribution < -0.4 is 0 Å². The van der Waals surface area contributed by atoms with Crippen molar-refractivity contribution in [3.63, 3.8) is 0 Å². The SMILES string of the molecule is Sc1ccc(Br)cc1-c1ccc(Cl)cc1. The van der Waals surface area contributed by atoms with E-state index in [0.717, 1.165) is 25.5 Å². The molecule has 3 heteroatoms. The lowest BCUT2D eigenvalue weighted by Crippen LogP contribution is -1.80. The van der Waals surface area contributed by atoms with Crippen molar-refractivity contribution in [2.45, 2.75) is 4.90 Å². The Hall–Kier alpha value is -0.440. The van der Waals surface area contributed by atoms with E-state index >= 15 is 0 Å². The van der Waals surface area contributed by atoms with Crippen LogP contribution in [0.1, 0.15) is 0 Å². The number of hydrogen-bond donors (Lipinski definition) is 1. The predicted molar refractivity (Wildman–Crippen MR) is 71.8 cm³/mol. The molecule has 2 rings (SSSR count). The van der Waals surface area contributed by atoms with Gasteiger partial charge in [-0.15, -0.1) is 12.6 Å². The molecule has 0 aliphatic heterocycles. The minimum atomic E-state index is 0.745. The first kappa shape index (κ1) is 11.1. The van der Waals surface area contributed by atoms with Crippen molar-refractivity contribution >= 4 is 40.2 Å². The van der Waals surface area contributed by atoms with Gasteiger partial charge in [0.2, 0.25) is 0 Å². The van der Waals surface area contributed by atoms with Crippen molar-refractivity contribution in [3.05, 3.63) is 52.0 Å². The minimum Gasteiger partial charge on any atom is -0.143 e. The van der Waals surface area contributed by atoms with E-state index in [1.165, 1.54) is 0 Å². The molecule has 76 valence electrons. The average molecular weight is 300 g/mol. The summed E-state index contributed by atoms with van der Waals surface area (Å²) in [6.45, 7) is 0. The van der Waals surface area contributed by atoms with Crippen LogP contribution in [-0.2, 0) is 0 Å². The van der Waals surface area contributed by atoms with Gasteiger partial charge in [0.25, 0.3) is 0 Å². The summed E-state index contributed by atoms with van der Waals surface area (Å²) in [6, 6.07) is 13.7. The third kappa shape index (κ3) is 2.57. The van der Waals surface area contributed by atoms with Gasteiger partial charge < -0.3 is 0 Å². The Labute approximate surface area is 108 Å². The molecule has 0 amide bonds. The summed E-state index contributed by atoms with van der Waals surface area (Å²) in [7, 11) is 0. The number of hydrogen-bond acceptors (Lipinski definition) is 1. The lowest BCUT2D eigenvalue weighted by Gasteiger charge is -2.05. The van der Waals surface area contributed by atoms with Crippen molar-refractivity contribution in [3.8, 4) is 11.1 Å². The highest BCUT2D eigenvalue weighted by Gasteiger charge is 2.02. The van der Waals surface area contributed by atoms with Crippen LogP contribution in [0.4, 0.5) is 0 Å². The number of benzene rings is 2. The van der Waals surface area contributed by atoms with Crippen LogP contribution >= 0.6 is 40.2 Å². The quantitative estimate of drug-likeness (QED) is 0.699. The molecule has 0 saturated carbocycles. The summed E-state index contributed by atoms with van der Waals surface area (Å²) in [5.74, 6) is 0. The first-order valence-corrected chi connectivity index (χ1v) is 6.03. The molecule has 0 aromatic heterocycles. The van der Waals surface area contributed by atoms with E-state index in [1.54, 1.807) is 0 Å². The van der Waals surface area contributed by atoms with E-state index in [1.807, 2.05) is 42.5 Å². The van der Waals surface area contributed by atoms with Gasteiger partial charge in [-0.25, -0.2) is 0 Å². The highest BCUT2D eigenvalue weighted by molar-refractivity contribution is 9.10. The summed E-state index contributed by atoms with van der Waals surface area (Å²) in [4.78, 5) is 0.959. The molecule has 0 nitrogen and oxygen atoms in total. The third-order valence-corrected chi connectivity index (χ3v) is 3.25. The molecule has 2 aromatic carbocycles. The van der Waals surface area contributed by atoms with Crippen molar-refractivity contribution in [2.24, 2.45) is 0 Å². The summed E-state index contributed by atoms with van der Waals surface area (Å²) in [6.07, 6.45) is 0. The Kier molecular flexibility index (Phi) is 3.39. The second-order valence-corrected chi connectivity index (χ2v) is 5.00. The molecule has 0 bridgehead atoms. The predicted octanol–water partition coefficient (Wildman–Crippen LogP) is 5.06. The van der Waals surface area contributed by atoms with Crippen LogP contribution in [0.2, 0.25) is 5.02 Å². The Bertz CT molecular complexity index is 479. The maximum Gasteiger partial charge on any atom is 0.0406 e. The monoisotopic (exact) mass is 298 g/mol. The molecular weight excluding hydrogens is 292 g/mol. The molecular formula is C12H8BrClS. The molecule has 0 aliphatic carbocycles. The molecule has 0 fully saturated rings. The van der Waals surface area contributed by atoms with Crippen LogP contribution in [0.25, 0.3) is 11.1 Å². The fourth-order valence-corrected chi connectivity index (χ4v) is 2.12. The average Bonchev–Trinajstić information content (AvgIpc) is 2.23. The van der Waals surface area contributed by atoms with Crippen LogP contribution in [0.15, 0.2) is 51.8 Å². The Balaban J connectivity index is 2.53. The van der Waals surface area contributed by atoms with Crippen molar-refractivity contribution in [1.82, 2.24) is 0 Å². The van der Waals surface area contributed by atoms with Gasteiger partial charge in [0.15, 0.2) is 0 Å². The van der Waals surface area contributed by atoms with Crippen molar-refractivity contribution < 1.29 is 0 Å². The summed E-state index contributed by atoms with van der Waals surface area (Å²) < 4.78 is 1.05.